The number of hydrazine groups is 1. The van der Waals surface area contributed by atoms with Gasteiger partial charge in [0.1, 0.15) is 0 Å². The molecule has 0 spiro atoms. The monoisotopic (exact) mass is 440 g/mol. The van der Waals surface area contributed by atoms with Gasteiger partial charge in [0, 0.05) is 31.5 Å². The van der Waals surface area contributed by atoms with Gasteiger partial charge in [-0.1, -0.05) is 34.8 Å². The molecule has 11 heteroatoms. The number of pyridine rings is 1. The third kappa shape index (κ3) is 4.89. The molecule has 0 saturated heterocycles. The summed E-state index contributed by atoms with van der Waals surface area (Å²) < 4.78 is 0. The number of aromatic nitrogens is 1. The molecule has 1 heterocycles. The second kappa shape index (κ2) is 8.09. The number of anilines is 2. The second-order valence-corrected chi connectivity index (χ2v) is 11.1. The Labute approximate surface area is 164 Å². The van der Waals surface area contributed by atoms with Gasteiger partial charge in [0.15, 0.2) is 0 Å². The Morgan fingerprint density at radius 2 is 1.75 bits per heavy atom. The van der Waals surface area contributed by atoms with E-state index in [1.165, 1.54) is 19.3 Å². The lowest BCUT2D eigenvalue weighted by Gasteiger charge is -2.17. The van der Waals surface area contributed by atoms with Crippen molar-refractivity contribution in [2.45, 2.75) is 11.8 Å². The molecule has 0 aliphatic heterocycles. The van der Waals surface area contributed by atoms with Crippen LogP contribution in [0, 0.1) is 0 Å². The predicted molar refractivity (Wildman–Crippen MR) is 107 cm³/mol. The summed E-state index contributed by atoms with van der Waals surface area (Å²) in [5.74, 6) is -0.221. The molecule has 128 valence electrons. The minimum Gasteiger partial charge on any atom is -0.325 e. The lowest BCUT2D eigenvalue weighted by molar-refractivity contribution is -0.114. The molecule has 1 amide bonds. The molecular formula is C13H11Cl3N4OS3. The number of rotatable bonds is 5. The Balaban J connectivity index is 2.22. The molecule has 24 heavy (non-hydrogen) atoms. The quantitative estimate of drug-likeness (QED) is 0.610. The normalized spacial score (nSPS) is 11.2. The van der Waals surface area contributed by atoms with E-state index in [2.05, 4.69) is 20.6 Å². The van der Waals surface area contributed by atoms with Crippen molar-refractivity contribution in [1.82, 2.24) is 9.82 Å². The first-order valence-corrected chi connectivity index (χ1v) is 11.0. The zero-order chi connectivity index (χ0) is 17.9. The van der Waals surface area contributed by atoms with Crippen LogP contribution in [0.1, 0.15) is 6.92 Å². The fourth-order valence-electron chi connectivity index (χ4n) is 1.66. The minimum atomic E-state index is -2.29. The van der Waals surface area contributed by atoms with E-state index in [0.717, 1.165) is 0 Å². The average molecular weight is 442 g/mol. The van der Waals surface area contributed by atoms with Gasteiger partial charge in [-0.15, -0.1) is 0 Å². The smallest absolute Gasteiger partial charge is 0.221 e. The van der Waals surface area contributed by atoms with Gasteiger partial charge in [-0.2, -0.15) is 4.83 Å². The summed E-state index contributed by atoms with van der Waals surface area (Å²) in [6, 6.07) is 4.97. The SMILES string of the molecule is CC(=O)Nc1ccc(S(=S)(=S)NNc2c(Cl)cncc2Cl)cc1Cl. The molecule has 0 bridgehead atoms. The largest absolute Gasteiger partial charge is 0.325 e. The molecule has 3 N–H and O–H groups in total. The molecule has 0 aliphatic carbocycles. The van der Waals surface area contributed by atoms with Crippen molar-refractivity contribution in [3.63, 3.8) is 0 Å². The molecule has 2 aromatic rings. The number of hydrogen-bond donors (Lipinski definition) is 3. The summed E-state index contributed by atoms with van der Waals surface area (Å²) in [5.41, 5.74) is 3.77. The number of nitrogens with zero attached hydrogens (tertiary/aromatic N) is 1. The van der Waals surface area contributed by atoms with Crippen LogP contribution in [0.5, 0.6) is 0 Å². The maximum Gasteiger partial charge on any atom is 0.221 e. The summed E-state index contributed by atoms with van der Waals surface area (Å²) in [4.78, 5) is 18.5. The van der Waals surface area contributed by atoms with E-state index in [1.807, 2.05) is 0 Å². The molecule has 0 radical (unpaired) electrons. The molecule has 0 atom stereocenters. The van der Waals surface area contributed by atoms with E-state index >= 15 is 0 Å². The second-order valence-electron chi connectivity index (χ2n) is 4.53. The summed E-state index contributed by atoms with van der Waals surface area (Å²) in [6.07, 6.45) is 2.89. The van der Waals surface area contributed by atoms with Crippen LogP contribution < -0.4 is 15.6 Å². The van der Waals surface area contributed by atoms with E-state index in [0.29, 0.717) is 31.3 Å². The van der Waals surface area contributed by atoms with Crippen LogP contribution in [-0.2, 0) is 34.5 Å². The number of halogens is 3. The van der Waals surface area contributed by atoms with Crippen molar-refractivity contribution >= 4 is 81.8 Å². The summed E-state index contributed by atoms with van der Waals surface area (Å²) in [6.45, 7) is 1.40. The number of benzene rings is 1. The van der Waals surface area contributed by atoms with Crippen LogP contribution in [-0.4, -0.2) is 10.9 Å². The van der Waals surface area contributed by atoms with Crippen LogP contribution in [0.2, 0.25) is 15.1 Å². The summed E-state index contributed by atoms with van der Waals surface area (Å²) >= 11 is 29.1. The van der Waals surface area contributed by atoms with E-state index in [4.69, 9.17) is 57.2 Å². The lowest BCUT2D eigenvalue weighted by Crippen LogP contribution is -2.28. The molecule has 5 nitrogen and oxygen atoms in total. The molecule has 2 rings (SSSR count). The van der Waals surface area contributed by atoms with Crippen LogP contribution in [0.3, 0.4) is 0 Å². The number of carbonyl (C=O) groups excluding carboxylic acids is 1. The maximum absolute atomic E-state index is 11.1. The molecule has 0 saturated carbocycles. The lowest BCUT2D eigenvalue weighted by atomic mass is 10.3. The van der Waals surface area contributed by atoms with Crippen LogP contribution in [0.25, 0.3) is 0 Å². The molecule has 0 unspecified atom stereocenters. The maximum atomic E-state index is 11.1. The third-order valence-corrected chi connectivity index (χ3v) is 6.51. The van der Waals surface area contributed by atoms with Gasteiger partial charge in [-0.25, -0.2) is 0 Å². The number of nitrogens with one attached hydrogen (secondary N) is 3. The van der Waals surface area contributed by atoms with E-state index in [1.54, 1.807) is 18.2 Å². The Bertz CT molecular complexity index is 870. The van der Waals surface area contributed by atoms with Crippen molar-refractivity contribution in [3.05, 3.63) is 45.7 Å². The molecule has 0 fully saturated rings. The van der Waals surface area contributed by atoms with Crippen molar-refractivity contribution in [2.75, 3.05) is 10.7 Å². The zero-order valence-electron chi connectivity index (χ0n) is 12.1. The molecule has 0 aliphatic rings. The number of hydrogen-bond acceptors (Lipinski definition) is 5. The standard InChI is InChI=1S/C13H11Cl3N4OS3/c1-7(21)18-12-3-2-8(4-9(12)14)24(22,23)20-19-13-10(15)5-17-6-11(13)16/h2-6,20H,1H3,(H,17,19)(H,18,21). The Morgan fingerprint density at radius 1 is 1.12 bits per heavy atom. The molecule has 1 aromatic carbocycles. The fourth-order valence-corrected chi connectivity index (χ4v) is 4.16. The van der Waals surface area contributed by atoms with Crippen molar-refractivity contribution in [1.29, 1.82) is 0 Å². The van der Waals surface area contributed by atoms with Gasteiger partial charge in [0.2, 0.25) is 5.91 Å². The highest BCUT2D eigenvalue weighted by Crippen LogP contribution is 2.29. The third-order valence-electron chi connectivity index (χ3n) is 2.73. The molecular weight excluding hydrogens is 431 g/mol. The van der Waals surface area contributed by atoms with Crippen LogP contribution >= 0.6 is 34.8 Å². The average Bonchev–Trinajstić information content (AvgIpc) is 2.48. The first-order chi connectivity index (χ1) is 11.2. The van der Waals surface area contributed by atoms with E-state index in [9.17, 15) is 4.79 Å². The number of carbonyl (C=O) groups is 1. The van der Waals surface area contributed by atoms with Crippen LogP contribution in [0.4, 0.5) is 11.4 Å². The van der Waals surface area contributed by atoms with E-state index < -0.39 is 7.33 Å². The zero-order valence-corrected chi connectivity index (χ0v) is 16.8. The van der Waals surface area contributed by atoms with Gasteiger partial charge in [-0.05, 0) is 40.6 Å². The van der Waals surface area contributed by atoms with Crippen molar-refractivity contribution in [2.24, 2.45) is 0 Å². The topological polar surface area (TPSA) is 66.1 Å². The van der Waals surface area contributed by atoms with Gasteiger partial charge in [0.05, 0.1) is 26.4 Å². The highest BCUT2D eigenvalue weighted by atomic mass is 35.5. The minimum absolute atomic E-state index is 0.221. The van der Waals surface area contributed by atoms with Gasteiger partial charge < -0.3 is 10.7 Å². The summed E-state index contributed by atoms with van der Waals surface area (Å²) in [7, 11) is -2.29. The number of amides is 1. The summed E-state index contributed by atoms with van der Waals surface area (Å²) in [5, 5.41) is 3.62. The highest BCUT2D eigenvalue weighted by Gasteiger charge is 2.12. The Kier molecular flexibility index (Phi) is 6.60. The predicted octanol–water partition coefficient (Wildman–Crippen LogP) is 3.97. The highest BCUT2D eigenvalue weighted by molar-refractivity contribution is 8.55. The first-order valence-electron chi connectivity index (χ1n) is 6.34. The first kappa shape index (κ1) is 19.6. The van der Waals surface area contributed by atoms with Gasteiger partial charge in [-0.3, -0.25) is 9.78 Å². The van der Waals surface area contributed by atoms with E-state index in [-0.39, 0.29) is 5.91 Å². The van der Waals surface area contributed by atoms with Gasteiger partial charge in [0.25, 0.3) is 0 Å². The van der Waals surface area contributed by atoms with Crippen LogP contribution in [0.15, 0.2) is 35.5 Å². The fraction of sp³-hybridized carbons (Fsp3) is 0.0769. The molecule has 1 aromatic heterocycles. The van der Waals surface area contributed by atoms with Gasteiger partial charge >= 0.3 is 0 Å². The Hall–Kier alpha value is -0.740. The Morgan fingerprint density at radius 3 is 2.29 bits per heavy atom. The van der Waals surface area contributed by atoms with Crippen molar-refractivity contribution in [3.8, 4) is 0 Å². The van der Waals surface area contributed by atoms with Crippen molar-refractivity contribution < 1.29 is 4.79 Å².